The van der Waals surface area contributed by atoms with Crippen molar-refractivity contribution < 1.29 is 9.47 Å². The molecule has 1 fully saturated rings. The Labute approximate surface area is 124 Å². The zero-order valence-electron chi connectivity index (χ0n) is 11.7. The number of hydrogen-bond donors (Lipinski definition) is 2. The van der Waals surface area contributed by atoms with E-state index in [1.54, 1.807) is 11.8 Å². The zero-order chi connectivity index (χ0) is 13.8. The van der Waals surface area contributed by atoms with Crippen LogP contribution in [0.15, 0.2) is 23.1 Å². The topological polar surface area (TPSA) is 45.8 Å². The Balaban J connectivity index is 1.49. The number of ether oxygens (including phenoxy) is 2. The van der Waals surface area contributed by atoms with Crippen LogP contribution in [-0.4, -0.2) is 56.9 Å². The molecule has 2 aliphatic rings. The van der Waals surface area contributed by atoms with Gasteiger partial charge < -0.3 is 14.8 Å². The van der Waals surface area contributed by atoms with Crippen LogP contribution in [0.5, 0.6) is 5.75 Å². The molecule has 0 bridgehead atoms. The molecule has 20 heavy (non-hydrogen) atoms. The number of rotatable bonds is 5. The van der Waals surface area contributed by atoms with Gasteiger partial charge in [-0.15, -0.1) is 0 Å². The van der Waals surface area contributed by atoms with E-state index in [9.17, 15) is 0 Å². The molecule has 110 valence electrons. The number of morpholine rings is 1. The van der Waals surface area contributed by atoms with Crippen molar-refractivity contribution in [3.8, 4) is 5.75 Å². The fourth-order valence-corrected chi connectivity index (χ4v) is 3.35. The molecule has 6 heteroatoms. The number of nitrogens with zero attached hydrogens (tertiary/aromatic N) is 1. The molecule has 3 rings (SSSR count). The van der Waals surface area contributed by atoms with Gasteiger partial charge >= 0.3 is 0 Å². The van der Waals surface area contributed by atoms with Crippen LogP contribution >= 0.6 is 11.8 Å². The van der Waals surface area contributed by atoms with E-state index < -0.39 is 0 Å². The van der Waals surface area contributed by atoms with Crippen molar-refractivity contribution in [2.24, 2.45) is 0 Å². The van der Waals surface area contributed by atoms with E-state index in [1.165, 1.54) is 10.6 Å². The van der Waals surface area contributed by atoms with Crippen LogP contribution in [0.2, 0.25) is 0 Å². The zero-order valence-corrected chi connectivity index (χ0v) is 12.5. The third-order valence-electron chi connectivity index (χ3n) is 3.53. The van der Waals surface area contributed by atoms with Gasteiger partial charge in [-0.1, -0.05) is 11.8 Å². The first-order valence-corrected chi connectivity index (χ1v) is 7.90. The highest BCUT2D eigenvalue weighted by Crippen LogP contribution is 2.39. The van der Waals surface area contributed by atoms with Crippen molar-refractivity contribution in [3.05, 3.63) is 18.2 Å². The molecule has 0 aromatic heterocycles. The summed E-state index contributed by atoms with van der Waals surface area (Å²) in [7, 11) is 1.95. The van der Waals surface area contributed by atoms with Crippen molar-refractivity contribution in [1.29, 1.82) is 0 Å². The van der Waals surface area contributed by atoms with Gasteiger partial charge in [0.25, 0.3) is 0 Å². The minimum atomic E-state index is 0.258. The lowest BCUT2D eigenvalue weighted by atomic mass is 10.3. The number of anilines is 1. The van der Waals surface area contributed by atoms with Crippen LogP contribution in [-0.2, 0) is 4.74 Å². The van der Waals surface area contributed by atoms with Gasteiger partial charge in [-0.25, -0.2) is 0 Å². The summed E-state index contributed by atoms with van der Waals surface area (Å²) in [5.74, 6) is 0.947. The van der Waals surface area contributed by atoms with Gasteiger partial charge in [-0.05, 0) is 25.2 Å². The lowest BCUT2D eigenvalue weighted by Gasteiger charge is -2.26. The quantitative estimate of drug-likeness (QED) is 0.857. The minimum absolute atomic E-state index is 0.258. The van der Waals surface area contributed by atoms with Crippen molar-refractivity contribution in [2.45, 2.75) is 10.4 Å². The van der Waals surface area contributed by atoms with Crippen LogP contribution in [0.1, 0.15) is 0 Å². The molecule has 5 nitrogen and oxygen atoms in total. The molecule has 1 saturated heterocycles. The molecular weight excluding hydrogens is 274 g/mol. The maximum Gasteiger partial charge on any atom is 0.130 e. The van der Waals surface area contributed by atoms with Gasteiger partial charge in [0.05, 0.1) is 18.9 Å². The summed E-state index contributed by atoms with van der Waals surface area (Å²) in [5, 5.41) is 6.60. The molecule has 2 heterocycles. The molecule has 2 aliphatic heterocycles. The molecule has 0 radical (unpaired) electrons. The highest BCUT2D eigenvalue weighted by molar-refractivity contribution is 8.00. The largest absolute Gasteiger partial charge is 0.492 e. The Morgan fingerprint density at radius 3 is 3.10 bits per heavy atom. The smallest absolute Gasteiger partial charge is 0.130 e. The average molecular weight is 295 g/mol. The standard InChI is InChI=1S/C14H21N3O2S/c1-15-14-16-12-3-2-11(10-13(12)20-14)19-9-6-17-4-7-18-8-5-17/h2-3,10,14-16H,4-9H2,1H3. The Bertz CT molecular complexity index is 452. The third-order valence-corrected chi connectivity index (χ3v) is 4.71. The number of fused-ring (bicyclic) bond motifs is 1. The second-order valence-electron chi connectivity index (χ2n) is 4.89. The molecule has 0 saturated carbocycles. The highest BCUT2D eigenvalue weighted by Gasteiger charge is 2.20. The van der Waals surface area contributed by atoms with Crippen LogP contribution in [0.25, 0.3) is 0 Å². The van der Waals surface area contributed by atoms with Gasteiger partial charge in [-0.2, -0.15) is 0 Å². The number of hydrogen-bond acceptors (Lipinski definition) is 6. The molecule has 0 amide bonds. The number of thioether (sulfide) groups is 1. The Morgan fingerprint density at radius 2 is 2.30 bits per heavy atom. The normalized spacial score (nSPS) is 22.4. The maximum atomic E-state index is 5.86. The molecule has 0 spiro atoms. The lowest BCUT2D eigenvalue weighted by molar-refractivity contribution is 0.0322. The van der Waals surface area contributed by atoms with Gasteiger partial charge in [0.1, 0.15) is 17.9 Å². The van der Waals surface area contributed by atoms with Crippen molar-refractivity contribution in [2.75, 3.05) is 51.8 Å². The summed E-state index contributed by atoms with van der Waals surface area (Å²) in [6, 6.07) is 6.23. The molecule has 0 aliphatic carbocycles. The predicted octanol–water partition coefficient (Wildman–Crippen LogP) is 1.42. The molecular formula is C14H21N3O2S. The van der Waals surface area contributed by atoms with E-state index in [0.29, 0.717) is 0 Å². The monoisotopic (exact) mass is 295 g/mol. The fraction of sp³-hybridized carbons (Fsp3) is 0.571. The van der Waals surface area contributed by atoms with E-state index in [2.05, 4.69) is 27.7 Å². The summed E-state index contributed by atoms with van der Waals surface area (Å²) in [6.07, 6.45) is 0. The highest BCUT2D eigenvalue weighted by atomic mass is 32.2. The molecule has 1 atom stereocenters. The second-order valence-corrected chi connectivity index (χ2v) is 6.04. The minimum Gasteiger partial charge on any atom is -0.492 e. The van der Waals surface area contributed by atoms with Crippen LogP contribution in [0.3, 0.4) is 0 Å². The molecule has 1 aromatic carbocycles. The summed E-state index contributed by atoms with van der Waals surface area (Å²) < 4.78 is 11.2. The van der Waals surface area contributed by atoms with E-state index >= 15 is 0 Å². The van der Waals surface area contributed by atoms with Crippen LogP contribution in [0, 0.1) is 0 Å². The summed E-state index contributed by atoms with van der Waals surface area (Å²) in [6.45, 7) is 5.39. The third kappa shape index (κ3) is 3.38. The molecule has 1 aromatic rings. The van der Waals surface area contributed by atoms with Crippen molar-refractivity contribution >= 4 is 17.4 Å². The lowest BCUT2D eigenvalue weighted by Crippen LogP contribution is -2.38. The van der Waals surface area contributed by atoms with Crippen LogP contribution < -0.4 is 15.4 Å². The average Bonchev–Trinajstić information content (AvgIpc) is 2.91. The Hall–Kier alpha value is -0.950. The first kappa shape index (κ1) is 14.0. The number of nitrogens with one attached hydrogen (secondary N) is 2. The van der Waals surface area contributed by atoms with E-state index in [4.69, 9.17) is 9.47 Å². The first-order chi connectivity index (χ1) is 9.85. The van der Waals surface area contributed by atoms with Gasteiger partial charge in [0.15, 0.2) is 0 Å². The van der Waals surface area contributed by atoms with Crippen molar-refractivity contribution in [1.82, 2.24) is 10.2 Å². The van der Waals surface area contributed by atoms with E-state index in [-0.39, 0.29) is 5.50 Å². The van der Waals surface area contributed by atoms with Gasteiger partial charge in [0.2, 0.25) is 0 Å². The Morgan fingerprint density at radius 1 is 1.45 bits per heavy atom. The van der Waals surface area contributed by atoms with Gasteiger partial charge in [0, 0.05) is 24.5 Å². The Kier molecular flexibility index (Phi) is 4.67. The predicted molar refractivity (Wildman–Crippen MR) is 81.5 cm³/mol. The summed E-state index contributed by atoms with van der Waals surface area (Å²) in [4.78, 5) is 3.62. The van der Waals surface area contributed by atoms with Crippen molar-refractivity contribution in [3.63, 3.8) is 0 Å². The SMILES string of the molecule is CNC1Nc2ccc(OCCN3CCOCC3)cc2S1. The first-order valence-electron chi connectivity index (χ1n) is 7.02. The fourth-order valence-electron chi connectivity index (χ4n) is 2.36. The summed E-state index contributed by atoms with van der Waals surface area (Å²) in [5.41, 5.74) is 1.43. The van der Waals surface area contributed by atoms with E-state index in [1.807, 2.05) is 13.1 Å². The second kappa shape index (κ2) is 6.67. The summed E-state index contributed by atoms with van der Waals surface area (Å²) >= 11 is 1.78. The number of benzene rings is 1. The maximum absolute atomic E-state index is 5.86. The van der Waals surface area contributed by atoms with E-state index in [0.717, 1.165) is 45.2 Å². The van der Waals surface area contributed by atoms with Gasteiger partial charge in [-0.3, -0.25) is 10.2 Å². The van der Waals surface area contributed by atoms with Crippen LogP contribution in [0.4, 0.5) is 5.69 Å². The molecule has 2 N–H and O–H groups in total. The molecule has 1 unspecified atom stereocenters.